The fourth-order valence-corrected chi connectivity index (χ4v) is 3.58. The van der Waals surface area contributed by atoms with Gasteiger partial charge >= 0.3 is 0 Å². The number of benzene rings is 1. The van der Waals surface area contributed by atoms with E-state index in [0.717, 1.165) is 30.6 Å². The van der Waals surface area contributed by atoms with Crippen LogP contribution in [0, 0.1) is 11.8 Å². The highest BCUT2D eigenvalue weighted by molar-refractivity contribution is 5.39. The molecule has 1 fully saturated rings. The summed E-state index contributed by atoms with van der Waals surface area (Å²) in [5, 5.41) is 11.4. The van der Waals surface area contributed by atoms with Gasteiger partial charge in [0.25, 0.3) is 0 Å². The van der Waals surface area contributed by atoms with Gasteiger partial charge in [0.15, 0.2) is 0 Å². The van der Waals surface area contributed by atoms with Gasteiger partial charge in [0.2, 0.25) is 0 Å². The molecule has 1 aromatic rings. The van der Waals surface area contributed by atoms with Gasteiger partial charge < -0.3 is 9.84 Å². The number of hydrogen-bond donors (Lipinski definition) is 1. The minimum Gasteiger partial charge on any atom is -0.491 e. The number of rotatable bonds is 4. The van der Waals surface area contributed by atoms with Gasteiger partial charge in [0, 0.05) is 5.56 Å². The molecule has 1 saturated carbocycles. The standard InChI is InChI=1S/C18H28O2/c1-13(2)15-9-7-8-12-18(15,19)16-10-5-6-11-17(16)20-14(3)4/h5-6,10-11,13-15,19H,7-9,12H2,1-4H3. The zero-order valence-corrected chi connectivity index (χ0v) is 13.2. The van der Waals surface area contributed by atoms with Crippen molar-refractivity contribution in [3.8, 4) is 5.75 Å². The lowest BCUT2D eigenvalue weighted by Gasteiger charge is -2.43. The van der Waals surface area contributed by atoms with Crippen molar-refractivity contribution in [2.24, 2.45) is 11.8 Å². The van der Waals surface area contributed by atoms with Crippen LogP contribution < -0.4 is 4.74 Å². The third-order valence-corrected chi connectivity index (χ3v) is 4.46. The second-order valence-corrected chi connectivity index (χ2v) is 6.68. The molecule has 0 amide bonds. The van der Waals surface area contributed by atoms with E-state index < -0.39 is 5.60 Å². The predicted molar refractivity (Wildman–Crippen MR) is 82.9 cm³/mol. The van der Waals surface area contributed by atoms with E-state index in [1.54, 1.807) is 0 Å². The van der Waals surface area contributed by atoms with E-state index in [1.165, 1.54) is 6.42 Å². The summed E-state index contributed by atoms with van der Waals surface area (Å²) < 4.78 is 5.93. The van der Waals surface area contributed by atoms with Crippen LogP contribution in [0.4, 0.5) is 0 Å². The van der Waals surface area contributed by atoms with Gasteiger partial charge in [-0.3, -0.25) is 0 Å². The maximum Gasteiger partial charge on any atom is 0.125 e. The van der Waals surface area contributed by atoms with Crippen molar-refractivity contribution in [1.82, 2.24) is 0 Å². The minimum atomic E-state index is -0.738. The summed E-state index contributed by atoms with van der Waals surface area (Å²) in [6.45, 7) is 8.49. The van der Waals surface area contributed by atoms with Gasteiger partial charge in [0.05, 0.1) is 11.7 Å². The molecule has 2 atom stereocenters. The van der Waals surface area contributed by atoms with Crippen LogP contribution in [0.3, 0.4) is 0 Å². The Morgan fingerprint density at radius 2 is 1.85 bits per heavy atom. The highest BCUT2D eigenvalue weighted by atomic mass is 16.5. The van der Waals surface area contributed by atoms with Crippen LogP contribution in [0.15, 0.2) is 24.3 Å². The molecule has 0 saturated heterocycles. The normalized spacial score (nSPS) is 27.1. The van der Waals surface area contributed by atoms with Crippen molar-refractivity contribution >= 4 is 0 Å². The predicted octanol–water partition coefficient (Wildman–Crippen LogP) is 4.51. The van der Waals surface area contributed by atoms with E-state index >= 15 is 0 Å². The first-order valence-corrected chi connectivity index (χ1v) is 7.93. The zero-order valence-electron chi connectivity index (χ0n) is 13.2. The first-order valence-electron chi connectivity index (χ1n) is 7.93. The molecule has 2 heteroatoms. The molecule has 1 aromatic carbocycles. The maximum atomic E-state index is 11.4. The Kier molecular flexibility index (Phi) is 4.74. The van der Waals surface area contributed by atoms with Crippen LogP contribution in [0.2, 0.25) is 0 Å². The van der Waals surface area contributed by atoms with Gasteiger partial charge in [-0.05, 0) is 44.6 Å². The van der Waals surface area contributed by atoms with Gasteiger partial charge in [-0.25, -0.2) is 0 Å². The molecular formula is C18H28O2. The summed E-state index contributed by atoms with van der Waals surface area (Å²) in [5.41, 5.74) is 0.241. The average Bonchev–Trinajstić information content (AvgIpc) is 2.38. The Hall–Kier alpha value is -1.02. The highest BCUT2D eigenvalue weighted by Gasteiger charge is 2.43. The Morgan fingerprint density at radius 1 is 1.15 bits per heavy atom. The molecular weight excluding hydrogens is 248 g/mol. The zero-order chi connectivity index (χ0) is 14.8. The Balaban J connectivity index is 2.41. The van der Waals surface area contributed by atoms with E-state index in [4.69, 9.17) is 4.74 Å². The Bertz CT molecular complexity index is 439. The lowest BCUT2D eigenvalue weighted by atomic mass is 9.67. The molecule has 0 aliphatic heterocycles. The van der Waals surface area contributed by atoms with Crippen molar-refractivity contribution < 1.29 is 9.84 Å². The lowest BCUT2D eigenvalue weighted by Crippen LogP contribution is -2.41. The quantitative estimate of drug-likeness (QED) is 0.877. The van der Waals surface area contributed by atoms with Crippen LogP contribution in [-0.2, 0) is 5.60 Å². The number of ether oxygens (including phenoxy) is 1. The van der Waals surface area contributed by atoms with Crippen molar-refractivity contribution in [3.63, 3.8) is 0 Å². The van der Waals surface area contributed by atoms with E-state index in [2.05, 4.69) is 13.8 Å². The summed E-state index contributed by atoms with van der Waals surface area (Å²) in [7, 11) is 0. The molecule has 112 valence electrons. The SMILES string of the molecule is CC(C)Oc1ccccc1C1(O)CCCCC1C(C)C. The molecule has 2 rings (SSSR count). The molecule has 0 heterocycles. The Labute approximate surface area is 123 Å². The van der Waals surface area contributed by atoms with Crippen LogP contribution in [-0.4, -0.2) is 11.2 Å². The van der Waals surface area contributed by atoms with Gasteiger partial charge in [-0.15, -0.1) is 0 Å². The smallest absolute Gasteiger partial charge is 0.125 e. The van der Waals surface area contributed by atoms with Gasteiger partial charge in [0.1, 0.15) is 5.75 Å². The molecule has 1 aliphatic carbocycles. The second-order valence-electron chi connectivity index (χ2n) is 6.68. The van der Waals surface area contributed by atoms with Crippen LogP contribution in [0.25, 0.3) is 0 Å². The van der Waals surface area contributed by atoms with E-state index in [-0.39, 0.29) is 6.10 Å². The molecule has 2 nitrogen and oxygen atoms in total. The summed E-state index contributed by atoms with van der Waals surface area (Å²) in [4.78, 5) is 0. The average molecular weight is 276 g/mol. The van der Waals surface area contributed by atoms with Crippen LogP contribution in [0.5, 0.6) is 5.75 Å². The molecule has 0 bridgehead atoms. The topological polar surface area (TPSA) is 29.5 Å². The first-order chi connectivity index (χ1) is 9.45. The van der Waals surface area contributed by atoms with Gasteiger partial charge in [-0.2, -0.15) is 0 Å². The number of aliphatic hydroxyl groups is 1. The van der Waals surface area contributed by atoms with Crippen LogP contribution >= 0.6 is 0 Å². The number of hydrogen-bond acceptors (Lipinski definition) is 2. The monoisotopic (exact) mass is 276 g/mol. The molecule has 0 aromatic heterocycles. The second kappa shape index (κ2) is 6.17. The van der Waals surface area contributed by atoms with E-state index in [1.807, 2.05) is 38.1 Å². The lowest BCUT2D eigenvalue weighted by molar-refractivity contribution is -0.0740. The van der Waals surface area contributed by atoms with Crippen molar-refractivity contribution in [1.29, 1.82) is 0 Å². The summed E-state index contributed by atoms with van der Waals surface area (Å²) in [5.74, 6) is 1.64. The first kappa shape index (κ1) is 15.4. The number of para-hydroxylation sites is 1. The van der Waals surface area contributed by atoms with E-state index in [9.17, 15) is 5.11 Å². The van der Waals surface area contributed by atoms with Crippen molar-refractivity contribution in [2.75, 3.05) is 0 Å². The van der Waals surface area contributed by atoms with Crippen molar-refractivity contribution in [3.05, 3.63) is 29.8 Å². The van der Waals surface area contributed by atoms with Crippen LogP contribution in [0.1, 0.15) is 58.9 Å². The van der Waals surface area contributed by atoms with Crippen molar-refractivity contribution in [2.45, 2.75) is 65.1 Å². The van der Waals surface area contributed by atoms with Gasteiger partial charge in [-0.1, -0.05) is 44.9 Å². The Morgan fingerprint density at radius 3 is 2.50 bits per heavy atom. The summed E-state index contributed by atoms with van der Waals surface area (Å²) in [6, 6.07) is 8.02. The molecule has 1 aliphatic rings. The summed E-state index contributed by atoms with van der Waals surface area (Å²) >= 11 is 0. The largest absolute Gasteiger partial charge is 0.491 e. The molecule has 20 heavy (non-hydrogen) atoms. The molecule has 2 unspecified atom stereocenters. The minimum absolute atomic E-state index is 0.126. The fourth-order valence-electron chi connectivity index (χ4n) is 3.58. The maximum absolute atomic E-state index is 11.4. The highest BCUT2D eigenvalue weighted by Crippen LogP contribution is 2.47. The summed E-state index contributed by atoms with van der Waals surface area (Å²) in [6.07, 6.45) is 4.38. The van der Waals surface area contributed by atoms with E-state index in [0.29, 0.717) is 11.8 Å². The molecule has 0 radical (unpaired) electrons. The third-order valence-electron chi connectivity index (χ3n) is 4.46. The molecule has 1 N–H and O–H groups in total. The third kappa shape index (κ3) is 3.01. The fraction of sp³-hybridized carbons (Fsp3) is 0.667. The molecule has 0 spiro atoms.